The fourth-order valence-corrected chi connectivity index (χ4v) is 3.89. The molecule has 0 aliphatic carbocycles. The highest BCUT2D eigenvalue weighted by Crippen LogP contribution is 2.23. The first-order valence-electron chi connectivity index (χ1n) is 10.3. The lowest BCUT2D eigenvalue weighted by Crippen LogP contribution is -2.37. The van der Waals surface area contributed by atoms with Crippen molar-refractivity contribution in [2.75, 3.05) is 26.7 Å². The number of likely N-dealkylation sites (tertiary alicyclic amines) is 1. The van der Waals surface area contributed by atoms with E-state index in [4.69, 9.17) is 9.15 Å². The monoisotopic (exact) mass is 405 g/mol. The first-order valence-corrected chi connectivity index (χ1v) is 10.3. The van der Waals surface area contributed by atoms with Gasteiger partial charge in [-0.1, -0.05) is 12.1 Å². The normalized spacial score (nSPS) is 15.1. The van der Waals surface area contributed by atoms with Gasteiger partial charge in [0.1, 0.15) is 11.4 Å². The molecule has 1 aromatic carbocycles. The highest BCUT2D eigenvalue weighted by molar-refractivity contribution is 5.95. The Kier molecular flexibility index (Phi) is 6.14. The van der Waals surface area contributed by atoms with E-state index in [1.54, 1.807) is 13.4 Å². The fourth-order valence-electron chi connectivity index (χ4n) is 3.89. The van der Waals surface area contributed by atoms with Crippen molar-refractivity contribution in [3.63, 3.8) is 0 Å². The molecule has 2 aromatic heterocycles. The van der Waals surface area contributed by atoms with Gasteiger partial charge >= 0.3 is 0 Å². The number of hydrogen-bond donors (Lipinski definition) is 1. The van der Waals surface area contributed by atoms with Crippen molar-refractivity contribution in [1.29, 1.82) is 0 Å². The van der Waals surface area contributed by atoms with E-state index in [0.29, 0.717) is 17.0 Å². The number of carbonyl (C=O) groups excluding carboxylic acids is 1. The minimum absolute atomic E-state index is 0.106. The number of carbonyl (C=O) groups is 1. The van der Waals surface area contributed by atoms with Gasteiger partial charge < -0.3 is 19.4 Å². The predicted molar refractivity (Wildman–Crippen MR) is 116 cm³/mol. The maximum absolute atomic E-state index is 13.1. The van der Waals surface area contributed by atoms with Gasteiger partial charge in [0, 0.05) is 6.54 Å². The SMILES string of the molecule is COc1ccc(C(CN2CCCC2)NC(=O)c2ccc(-c3ccco3)nc2C)cc1. The van der Waals surface area contributed by atoms with Gasteiger partial charge in [-0.2, -0.15) is 0 Å². The molecule has 0 saturated carbocycles. The number of aryl methyl sites for hydroxylation is 1. The number of pyridine rings is 1. The summed E-state index contributed by atoms with van der Waals surface area (Å²) in [4.78, 5) is 20.1. The van der Waals surface area contributed by atoms with E-state index in [1.807, 2.05) is 55.5 Å². The van der Waals surface area contributed by atoms with Crippen LogP contribution < -0.4 is 10.1 Å². The molecule has 30 heavy (non-hydrogen) atoms. The number of amides is 1. The van der Waals surface area contributed by atoms with E-state index in [2.05, 4.69) is 15.2 Å². The molecule has 1 N–H and O–H groups in total. The number of rotatable bonds is 7. The molecule has 156 valence electrons. The molecular formula is C24H27N3O3. The molecule has 6 nitrogen and oxygen atoms in total. The van der Waals surface area contributed by atoms with Gasteiger partial charge in [0.15, 0.2) is 5.76 Å². The summed E-state index contributed by atoms with van der Waals surface area (Å²) in [7, 11) is 1.65. The summed E-state index contributed by atoms with van der Waals surface area (Å²) in [6.07, 6.45) is 4.03. The van der Waals surface area contributed by atoms with Crippen LogP contribution in [-0.4, -0.2) is 42.5 Å². The molecule has 3 heterocycles. The molecule has 4 rings (SSSR count). The van der Waals surface area contributed by atoms with Crippen LogP contribution in [0.25, 0.3) is 11.5 Å². The van der Waals surface area contributed by atoms with Gasteiger partial charge in [-0.05, 0) is 74.8 Å². The molecule has 0 bridgehead atoms. The highest BCUT2D eigenvalue weighted by atomic mass is 16.5. The zero-order chi connectivity index (χ0) is 20.9. The van der Waals surface area contributed by atoms with E-state index >= 15 is 0 Å². The summed E-state index contributed by atoms with van der Waals surface area (Å²) in [6, 6.07) is 15.1. The zero-order valence-electron chi connectivity index (χ0n) is 17.4. The Morgan fingerprint density at radius 3 is 2.57 bits per heavy atom. The quantitative estimate of drug-likeness (QED) is 0.637. The van der Waals surface area contributed by atoms with Crippen molar-refractivity contribution in [1.82, 2.24) is 15.2 Å². The summed E-state index contributed by atoms with van der Waals surface area (Å²) in [5, 5.41) is 3.22. The summed E-state index contributed by atoms with van der Waals surface area (Å²) < 4.78 is 10.7. The third-order valence-electron chi connectivity index (χ3n) is 5.57. The van der Waals surface area contributed by atoms with Gasteiger partial charge in [-0.3, -0.25) is 4.79 Å². The lowest BCUT2D eigenvalue weighted by atomic mass is 10.0. The van der Waals surface area contributed by atoms with Crippen molar-refractivity contribution in [2.24, 2.45) is 0 Å². The smallest absolute Gasteiger partial charge is 0.253 e. The summed E-state index contributed by atoms with van der Waals surface area (Å²) in [6.45, 7) is 4.78. The second-order valence-electron chi connectivity index (χ2n) is 7.61. The lowest BCUT2D eigenvalue weighted by molar-refractivity contribution is 0.0926. The van der Waals surface area contributed by atoms with Crippen molar-refractivity contribution in [3.05, 3.63) is 71.6 Å². The maximum Gasteiger partial charge on any atom is 0.253 e. The molecule has 1 aliphatic rings. The maximum atomic E-state index is 13.1. The van der Waals surface area contributed by atoms with Crippen LogP contribution in [0, 0.1) is 6.92 Å². The molecule has 1 atom stereocenters. The van der Waals surface area contributed by atoms with Crippen LogP contribution in [0.15, 0.2) is 59.2 Å². The van der Waals surface area contributed by atoms with Crippen molar-refractivity contribution in [2.45, 2.75) is 25.8 Å². The molecule has 6 heteroatoms. The minimum atomic E-state index is -0.119. The van der Waals surface area contributed by atoms with E-state index in [1.165, 1.54) is 12.8 Å². The van der Waals surface area contributed by atoms with Gasteiger partial charge in [0.2, 0.25) is 0 Å². The van der Waals surface area contributed by atoms with Gasteiger partial charge in [0.05, 0.1) is 30.7 Å². The number of ether oxygens (including phenoxy) is 1. The predicted octanol–water partition coefficient (Wildman–Crippen LogP) is 4.23. The van der Waals surface area contributed by atoms with Gasteiger partial charge in [-0.15, -0.1) is 0 Å². The second kappa shape index (κ2) is 9.13. The van der Waals surface area contributed by atoms with Crippen LogP contribution >= 0.6 is 0 Å². The number of nitrogens with zero attached hydrogens (tertiary/aromatic N) is 2. The molecule has 1 amide bonds. The molecule has 1 unspecified atom stereocenters. The third-order valence-corrected chi connectivity index (χ3v) is 5.57. The Morgan fingerprint density at radius 2 is 1.93 bits per heavy atom. The van der Waals surface area contributed by atoms with E-state index in [9.17, 15) is 4.79 Å². The number of furan rings is 1. The zero-order valence-corrected chi connectivity index (χ0v) is 17.4. The van der Waals surface area contributed by atoms with Crippen LogP contribution in [0.4, 0.5) is 0 Å². The molecule has 0 radical (unpaired) electrons. The van der Waals surface area contributed by atoms with Crippen LogP contribution in [0.3, 0.4) is 0 Å². The molecule has 1 fully saturated rings. The standard InChI is InChI=1S/C24H27N3O3/c1-17-20(11-12-21(25-17)23-6-5-15-30-23)24(28)26-22(16-27-13-3-4-14-27)18-7-9-19(29-2)10-8-18/h5-12,15,22H,3-4,13-14,16H2,1-2H3,(H,26,28). The number of benzene rings is 1. The molecule has 3 aromatic rings. The third kappa shape index (κ3) is 4.54. The largest absolute Gasteiger partial charge is 0.497 e. The molecule has 1 saturated heterocycles. The summed E-state index contributed by atoms with van der Waals surface area (Å²) in [5.74, 6) is 1.37. The van der Waals surface area contributed by atoms with Crippen LogP contribution in [0.1, 0.15) is 40.5 Å². The van der Waals surface area contributed by atoms with Crippen LogP contribution in [0.2, 0.25) is 0 Å². The Morgan fingerprint density at radius 1 is 1.17 bits per heavy atom. The van der Waals surface area contributed by atoms with Crippen molar-refractivity contribution >= 4 is 5.91 Å². The number of hydrogen-bond acceptors (Lipinski definition) is 5. The highest BCUT2D eigenvalue weighted by Gasteiger charge is 2.22. The Bertz CT molecular complexity index is 977. The first kappa shape index (κ1) is 20.2. The van der Waals surface area contributed by atoms with Crippen LogP contribution in [-0.2, 0) is 0 Å². The van der Waals surface area contributed by atoms with Crippen molar-refractivity contribution < 1.29 is 13.9 Å². The van der Waals surface area contributed by atoms with Crippen molar-refractivity contribution in [3.8, 4) is 17.2 Å². The minimum Gasteiger partial charge on any atom is -0.497 e. The Labute approximate surface area is 176 Å². The van der Waals surface area contributed by atoms with E-state index < -0.39 is 0 Å². The Hall–Kier alpha value is -3.12. The lowest BCUT2D eigenvalue weighted by Gasteiger charge is -2.25. The van der Waals surface area contributed by atoms with E-state index in [-0.39, 0.29) is 11.9 Å². The van der Waals surface area contributed by atoms with Gasteiger partial charge in [0.25, 0.3) is 5.91 Å². The molecular weight excluding hydrogens is 378 g/mol. The fraction of sp³-hybridized carbons (Fsp3) is 0.333. The summed E-state index contributed by atoms with van der Waals surface area (Å²) in [5.41, 5.74) is 3.04. The molecule has 0 spiro atoms. The van der Waals surface area contributed by atoms with E-state index in [0.717, 1.165) is 36.6 Å². The number of methoxy groups -OCH3 is 1. The van der Waals surface area contributed by atoms with Crippen LogP contribution in [0.5, 0.6) is 5.75 Å². The number of nitrogens with one attached hydrogen (secondary N) is 1. The Balaban J connectivity index is 1.54. The summed E-state index contributed by atoms with van der Waals surface area (Å²) >= 11 is 0. The second-order valence-corrected chi connectivity index (χ2v) is 7.61. The number of aromatic nitrogens is 1. The topological polar surface area (TPSA) is 67.6 Å². The first-order chi connectivity index (χ1) is 14.6. The molecule has 1 aliphatic heterocycles. The average molecular weight is 405 g/mol. The van der Waals surface area contributed by atoms with Gasteiger partial charge in [-0.25, -0.2) is 4.98 Å². The average Bonchev–Trinajstić information content (AvgIpc) is 3.47.